The van der Waals surface area contributed by atoms with E-state index >= 15 is 0 Å². The van der Waals surface area contributed by atoms with Crippen LogP contribution in [0.25, 0.3) is 0 Å². The maximum atomic E-state index is 12.9. The summed E-state index contributed by atoms with van der Waals surface area (Å²) in [5.74, 6) is -0.856. The second-order valence-corrected chi connectivity index (χ2v) is 24.9. The van der Waals surface area contributed by atoms with Crippen molar-refractivity contribution < 1.29 is 28.6 Å². The van der Waals surface area contributed by atoms with Crippen molar-refractivity contribution in [3.63, 3.8) is 0 Å². The molecule has 0 amide bonds. The van der Waals surface area contributed by atoms with Crippen LogP contribution in [0, 0.1) is 0 Å². The molecule has 0 saturated carbocycles. The van der Waals surface area contributed by atoms with E-state index in [0.717, 1.165) is 83.5 Å². The predicted octanol–water partition coefficient (Wildman–Crippen LogP) is 25.0. The van der Waals surface area contributed by atoms with E-state index in [1.54, 1.807) is 0 Å². The van der Waals surface area contributed by atoms with Gasteiger partial charge in [-0.1, -0.05) is 373 Å². The highest BCUT2D eigenvalue weighted by Crippen LogP contribution is 2.19. The van der Waals surface area contributed by atoms with Crippen molar-refractivity contribution >= 4 is 17.9 Å². The van der Waals surface area contributed by atoms with Crippen molar-refractivity contribution in [1.82, 2.24) is 0 Å². The monoisotopic (exact) mass is 1130 g/mol. The SMILES string of the molecule is CCC/C=C\C/C=C\CCCCCCCC(=O)OCC(COC(=O)CCCCCCCCCCCCCCCCCCCCCCCCCCCCCCCCCCCCC)OC(=O)CCCCCCCCCCCCCCCC. The summed E-state index contributed by atoms with van der Waals surface area (Å²) in [4.78, 5) is 38.3. The van der Waals surface area contributed by atoms with Gasteiger partial charge in [0.15, 0.2) is 6.10 Å². The standard InChI is InChI=1S/C74H140O6/c1-4-7-10-13-16-19-22-25-27-28-29-30-31-32-33-34-35-36-37-38-39-40-41-42-43-44-45-46-47-50-52-55-58-61-64-67-73(76)79-70-71(69-78-72(75)66-63-60-57-54-51-48-24-21-18-15-12-9-6-3)80-74(77)68-65-62-59-56-53-49-26-23-20-17-14-11-8-5-2/h12,15,21,24,71H,4-11,13-14,16-20,22-23,25-70H2,1-3H3/b15-12-,24-21-. The van der Waals surface area contributed by atoms with Gasteiger partial charge in [-0.2, -0.15) is 0 Å². The summed E-state index contributed by atoms with van der Waals surface area (Å²) in [5.41, 5.74) is 0. The molecule has 6 heteroatoms. The van der Waals surface area contributed by atoms with Crippen LogP contribution in [-0.4, -0.2) is 37.2 Å². The first-order chi connectivity index (χ1) is 39.5. The summed E-state index contributed by atoms with van der Waals surface area (Å²) < 4.78 is 16.9. The number of allylic oxidation sites excluding steroid dienone is 4. The predicted molar refractivity (Wildman–Crippen MR) is 349 cm³/mol. The minimum absolute atomic E-state index is 0.0697. The lowest BCUT2D eigenvalue weighted by Gasteiger charge is -2.18. The molecule has 472 valence electrons. The number of ether oxygens (including phenoxy) is 3. The van der Waals surface area contributed by atoms with E-state index in [1.807, 2.05) is 0 Å². The fraction of sp³-hybridized carbons (Fsp3) is 0.905. The highest BCUT2D eigenvalue weighted by atomic mass is 16.6. The van der Waals surface area contributed by atoms with Crippen LogP contribution in [0.2, 0.25) is 0 Å². The first-order valence-electron chi connectivity index (χ1n) is 36.3. The largest absolute Gasteiger partial charge is 0.462 e. The van der Waals surface area contributed by atoms with Gasteiger partial charge in [0.1, 0.15) is 13.2 Å². The molecule has 0 spiro atoms. The Morgan fingerprint density at radius 1 is 0.250 bits per heavy atom. The number of unbranched alkanes of at least 4 members (excludes halogenated alkanes) is 53. The molecule has 0 aliphatic heterocycles. The molecule has 0 radical (unpaired) electrons. The minimum Gasteiger partial charge on any atom is -0.462 e. The molecule has 0 heterocycles. The van der Waals surface area contributed by atoms with Crippen molar-refractivity contribution in [3.8, 4) is 0 Å². The summed E-state index contributed by atoms with van der Waals surface area (Å²) in [5, 5.41) is 0. The Morgan fingerprint density at radius 2 is 0.475 bits per heavy atom. The molecule has 80 heavy (non-hydrogen) atoms. The molecule has 0 aliphatic rings. The zero-order valence-corrected chi connectivity index (χ0v) is 54.4. The molecule has 0 bridgehead atoms. The summed E-state index contributed by atoms with van der Waals surface area (Å²) in [6.45, 7) is 6.64. The molecular weight excluding hydrogens is 985 g/mol. The van der Waals surface area contributed by atoms with Crippen molar-refractivity contribution in [3.05, 3.63) is 24.3 Å². The average Bonchev–Trinajstić information content (AvgIpc) is 3.46. The van der Waals surface area contributed by atoms with Gasteiger partial charge in [0.25, 0.3) is 0 Å². The molecule has 0 aromatic carbocycles. The third-order valence-electron chi connectivity index (χ3n) is 16.7. The van der Waals surface area contributed by atoms with Gasteiger partial charge in [-0.25, -0.2) is 0 Å². The van der Waals surface area contributed by atoms with Gasteiger partial charge < -0.3 is 14.2 Å². The number of carbonyl (C=O) groups excluding carboxylic acids is 3. The molecule has 1 unspecified atom stereocenters. The van der Waals surface area contributed by atoms with E-state index in [2.05, 4.69) is 45.1 Å². The number of rotatable bonds is 68. The normalized spacial score (nSPS) is 12.1. The van der Waals surface area contributed by atoms with E-state index in [4.69, 9.17) is 14.2 Å². The van der Waals surface area contributed by atoms with Crippen molar-refractivity contribution in [1.29, 1.82) is 0 Å². The second-order valence-electron chi connectivity index (χ2n) is 24.9. The van der Waals surface area contributed by atoms with Gasteiger partial charge in [-0.05, 0) is 44.9 Å². The summed E-state index contributed by atoms with van der Waals surface area (Å²) >= 11 is 0. The summed E-state index contributed by atoms with van der Waals surface area (Å²) in [6, 6.07) is 0. The minimum atomic E-state index is -0.773. The third-order valence-corrected chi connectivity index (χ3v) is 16.7. The third kappa shape index (κ3) is 66.7. The fourth-order valence-corrected chi connectivity index (χ4v) is 11.3. The first kappa shape index (κ1) is 77.9. The first-order valence-corrected chi connectivity index (χ1v) is 36.3. The zero-order valence-electron chi connectivity index (χ0n) is 54.4. The van der Waals surface area contributed by atoms with E-state index in [-0.39, 0.29) is 31.1 Å². The quantitative estimate of drug-likeness (QED) is 0.0261. The molecule has 0 rings (SSSR count). The molecule has 1 atom stereocenters. The Kier molecular flexibility index (Phi) is 67.6. The van der Waals surface area contributed by atoms with Crippen molar-refractivity contribution in [2.24, 2.45) is 0 Å². The second kappa shape index (κ2) is 69.4. The van der Waals surface area contributed by atoms with Crippen LogP contribution in [0.1, 0.15) is 412 Å². The van der Waals surface area contributed by atoms with Crippen LogP contribution in [0.3, 0.4) is 0 Å². The lowest BCUT2D eigenvalue weighted by Crippen LogP contribution is -2.30. The number of esters is 3. The van der Waals surface area contributed by atoms with E-state index in [1.165, 1.54) is 289 Å². The highest BCUT2D eigenvalue weighted by Gasteiger charge is 2.19. The van der Waals surface area contributed by atoms with Gasteiger partial charge >= 0.3 is 17.9 Å². The molecule has 0 aromatic heterocycles. The van der Waals surface area contributed by atoms with Gasteiger partial charge in [0, 0.05) is 19.3 Å². The molecular formula is C74H140O6. The van der Waals surface area contributed by atoms with Crippen LogP contribution >= 0.6 is 0 Å². The zero-order chi connectivity index (χ0) is 57.8. The topological polar surface area (TPSA) is 78.9 Å². The Labute approximate surface area is 500 Å². The summed E-state index contributed by atoms with van der Waals surface area (Å²) in [6.07, 6.45) is 85.3. The maximum absolute atomic E-state index is 12.9. The lowest BCUT2D eigenvalue weighted by atomic mass is 10.0. The number of hydrogen-bond donors (Lipinski definition) is 0. The maximum Gasteiger partial charge on any atom is 0.306 e. The molecule has 6 nitrogen and oxygen atoms in total. The van der Waals surface area contributed by atoms with Crippen LogP contribution in [0.5, 0.6) is 0 Å². The Hall–Kier alpha value is -2.11. The van der Waals surface area contributed by atoms with Gasteiger partial charge in [-0.3, -0.25) is 14.4 Å². The molecule has 0 saturated heterocycles. The molecule has 0 N–H and O–H groups in total. The Balaban J connectivity index is 4.00. The number of carbonyl (C=O) groups is 3. The molecule has 0 aromatic rings. The number of hydrogen-bond acceptors (Lipinski definition) is 6. The Bertz CT molecular complexity index is 1290. The van der Waals surface area contributed by atoms with Crippen molar-refractivity contribution in [2.75, 3.05) is 13.2 Å². The molecule has 0 fully saturated rings. The van der Waals surface area contributed by atoms with Crippen LogP contribution in [0.4, 0.5) is 0 Å². The van der Waals surface area contributed by atoms with Gasteiger partial charge in [0.2, 0.25) is 0 Å². The van der Waals surface area contributed by atoms with E-state index in [9.17, 15) is 14.4 Å². The summed E-state index contributed by atoms with van der Waals surface area (Å²) in [7, 11) is 0. The van der Waals surface area contributed by atoms with Crippen LogP contribution in [-0.2, 0) is 28.6 Å². The van der Waals surface area contributed by atoms with Gasteiger partial charge in [0.05, 0.1) is 0 Å². The van der Waals surface area contributed by atoms with Crippen LogP contribution < -0.4 is 0 Å². The van der Waals surface area contributed by atoms with Gasteiger partial charge in [-0.15, -0.1) is 0 Å². The van der Waals surface area contributed by atoms with Crippen molar-refractivity contribution in [2.45, 2.75) is 419 Å². The molecule has 0 aliphatic carbocycles. The van der Waals surface area contributed by atoms with E-state index in [0.29, 0.717) is 19.3 Å². The van der Waals surface area contributed by atoms with E-state index < -0.39 is 6.10 Å². The Morgan fingerprint density at radius 3 is 0.738 bits per heavy atom. The average molecular weight is 1130 g/mol. The lowest BCUT2D eigenvalue weighted by molar-refractivity contribution is -0.167. The van der Waals surface area contributed by atoms with Crippen LogP contribution in [0.15, 0.2) is 24.3 Å². The highest BCUT2D eigenvalue weighted by molar-refractivity contribution is 5.71. The smallest absolute Gasteiger partial charge is 0.306 e. The fourth-order valence-electron chi connectivity index (χ4n) is 11.3.